The molecule has 8 heteroatoms. The number of likely N-dealkylation sites (tertiary alicyclic amines) is 1. The number of nitrogens with zero attached hydrogens (tertiary/aromatic N) is 2. The van der Waals surface area contributed by atoms with Crippen molar-refractivity contribution in [2.75, 3.05) is 32.8 Å². The molecule has 1 amide bonds. The molecule has 2 aliphatic rings. The number of benzene rings is 1. The van der Waals surface area contributed by atoms with Crippen LogP contribution in [0.15, 0.2) is 18.2 Å². The lowest BCUT2D eigenvalue weighted by atomic mass is 10.0. The molecule has 2 atom stereocenters. The molecule has 1 N–H and O–H groups in total. The molecule has 2 heterocycles. The monoisotopic (exact) mass is 339 g/mol. The quantitative estimate of drug-likeness (QED) is 0.652. The number of amides is 1. The normalized spacial score (nSPS) is 22.9. The third-order valence-corrected chi connectivity index (χ3v) is 4.67. The molecule has 23 heavy (non-hydrogen) atoms. The van der Waals surface area contributed by atoms with Crippen LogP contribution < -0.4 is 10.1 Å². The van der Waals surface area contributed by atoms with Crippen LogP contribution in [0.25, 0.3) is 0 Å². The molecule has 0 radical (unpaired) electrons. The molecule has 7 nitrogen and oxygen atoms in total. The topological polar surface area (TPSA) is 84.7 Å². The maximum atomic E-state index is 12.2. The van der Waals surface area contributed by atoms with Crippen molar-refractivity contribution in [2.45, 2.75) is 6.42 Å². The first-order chi connectivity index (χ1) is 11.0. The number of hydrogen-bond acceptors (Lipinski definition) is 5. The first-order valence-corrected chi connectivity index (χ1v) is 7.97. The number of ether oxygens (including phenoxy) is 1. The summed E-state index contributed by atoms with van der Waals surface area (Å²) in [6.07, 6.45) is 0.215. The van der Waals surface area contributed by atoms with Gasteiger partial charge in [-0.05, 0) is 24.0 Å². The number of hydrogen-bond donors (Lipinski definition) is 1. The number of fused-ring (bicyclic) bond motifs is 1. The predicted octanol–water partition coefficient (Wildman–Crippen LogP) is 1.69. The highest BCUT2D eigenvalue weighted by Crippen LogP contribution is 2.30. The molecule has 0 bridgehead atoms. The SMILES string of the molecule is O=C(CCOc1ccc(Cl)cc1[N+](=O)[O-])N1C[C@H]2CNC[C@H]2C1. The van der Waals surface area contributed by atoms with Crippen LogP contribution in [0.4, 0.5) is 5.69 Å². The van der Waals surface area contributed by atoms with E-state index in [1.807, 2.05) is 4.90 Å². The van der Waals surface area contributed by atoms with Gasteiger partial charge in [-0.2, -0.15) is 0 Å². The molecule has 2 fully saturated rings. The lowest BCUT2D eigenvalue weighted by Gasteiger charge is -2.17. The number of nitro benzene ring substituents is 1. The van der Waals surface area contributed by atoms with Crippen molar-refractivity contribution < 1.29 is 14.5 Å². The molecular weight excluding hydrogens is 322 g/mol. The average molecular weight is 340 g/mol. The third-order valence-electron chi connectivity index (χ3n) is 4.43. The van der Waals surface area contributed by atoms with Crippen LogP contribution >= 0.6 is 11.6 Å². The van der Waals surface area contributed by atoms with Gasteiger partial charge in [0, 0.05) is 37.3 Å². The number of rotatable bonds is 5. The zero-order valence-electron chi connectivity index (χ0n) is 12.5. The molecule has 2 aliphatic heterocycles. The van der Waals surface area contributed by atoms with Crippen molar-refractivity contribution in [1.82, 2.24) is 10.2 Å². The highest BCUT2D eigenvalue weighted by atomic mass is 35.5. The van der Waals surface area contributed by atoms with Gasteiger partial charge in [-0.15, -0.1) is 0 Å². The first kappa shape index (κ1) is 16.0. The Morgan fingerprint density at radius 2 is 2.09 bits per heavy atom. The zero-order valence-corrected chi connectivity index (χ0v) is 13.3. The van der Waals surface area contributed by atoms with Crippen molar-refractivity contribution >= 4 is 23.2 Å². The molecule has 3 rings (SSSR count). The average Bonchev–Trinajstić information content (AvgIpc) is 3.09. The molecule has 1 aromatic carbocycles. The number of nitro groups is 1. The fourth-order valence-corrected chi connectivity index (χ4v) is 3.39. The zero-order chi connectivity index (χ0) is 16.4. The minimum absolute atomic E-state index is 0.0380. The van der Waals surface area contributed by atoms with Gasteiger partial charge in [-0.25, -0.2) is 0 Å². The highest BCUT2D eigenvalue weighted by Gasteiger charge is 2.37. The maximum Gasteiger partial charge on any atom is 0.312 e. The second-order valence-corrected chi connectivity index (χ2v) is 6.38. The fourth-order valence-electron chi connectivity index (χ4n) is 3.22. The van der Waals surface area contributed by atoms with Crippen molar-refractivity contribution in [3.63, 3.8) is 0 Å². The largest absolute Gasteiger partial charge is 0.486 e. The van der Waals surface area contributed by atoms with Crippen LogP contribution in [0.1, 0.15) is 6.42 Å². The Bertz CT molecular complexity index is 613. The van der Waals surface area contributed by atoms with Crippen molar-refractivity contribution in [3.8, 4) is 5.75 Å². The molecule has 0 unspecified atom stereocenters. The molecule has 2 saturated heterocycles. The third kappa shape index (κ3) is 3.56. The second-order valence-electron chi connectivity index (χ2n) is 5.94. The van der Waals surface area contributed by atoms with Crippen LogP contribution in [0.3, 0.4) is 0 Å². The van der Waals surface area contributed by atoms with Crippen LogP contribution in [0, 0.1) is 22.0 Å². The summed E-state index contributed by atoms with van der Waals surface area (Å²) in [7, 11) is 0. The van der Waals surface area contributed by atoms with E-state index in [4.69, 9.17) is 16.3 Å². The van der Waals surface area contributed by atoms with E-state index < -0.39 is 4.92 Å². The Labute approximate surface area is 138 Å². The van der Waals surface area contributed by atoms with Gasteiger partial charge in [0.25, 0.3) is 0 Å². The van der Waals surface area contributed by atoms with E-state index in [0.29, 0.717) is 11.8 Å². The van der Waals surface area contributed by atoms with E-state index in [0.717, 1.165) is 26.2 Å². The van der Waals surface area contributed by atoms with Gasteiger partial charge in [0.15, 0.2) is 5.75 Å². The summed E-state index contributed by atoms with van der Waals surface area (Å²) in [5.41, 5.74) is -0.188. The summed E-state index contributed by atoms with van der Waals surface area (Å²) in [5.74, 6) is 1.28. The summed E-state index contributed by atoms with van der Waals surface area (Å²) in [4.78, 5) is 24.5. The lowest BCUT2D eigenvalue weighted by molar-refractivity contribution is -0.385. The Kier molecular flexibility index (Phi) is 4.68. The van der Waals surface area contributed by atoms with Gasteiger partial charge in [-0.3, -0.25) is 14.9 Å². The van der Waals surface area contributed by atoms with Crippen molar-refractivity contribution in [1.29, 1.82) is 0 Å². The highest BCUT2D eigenvalue weighted by molar-refractivity contribution is 6.30. The predicted molar refractivity (Wildman–Crippen MR) is 84.6 cm³/mol. The second kappa shape index (κ2) is 6.72. The fraction of sp³-hybridized carbons (Fsp3) is 0.533. The summed E-state index contributed by atoms with van der Waals surface area (Å²) in [6, 6.07) is 4.23. The standard InChI is InChI=1S/C15H18ClN3O4/c16-12-1-2-14(13(5-12)19(21)22)23-4-3-15(20)18-8-10-6-17-7-11(10)9-18/h1-2,5,10-11,17H,3-4,6-9H2/t10-,11+. The van der Waals surface area contributed by atoms with E-state index in [1.165, 1.54) is 18.2 Å². The smallest absolute Gasteiger partial charge is 0.312 e. The van der Waals surface area contributed by atoms with E-state index in [-0.39, 0.29) is 35.4 Å². The van der Waals surface area contributed by atoms with E-state index in [9.17, 15) is 14.9 Å². The van der Waals surface area contributed by atoms with Gasteiger partial charge in [-0.1, -0.05) is 11.6 Å². The number of carbonyl (C=O) groups is 1. The Balaban J connectivity index is 1.52. The molecule has 0 aromatic heterocycles. The Hall–Kier alpha value is -1.86. The summed E-state index contributed by atoms with van der Waals surface area (Å²) < 4.78 is 5.42. The number of carbonyl (C=O) groups excluding carboxylic acids is 1. The molecular formula is C15H18ClN3O4. The van der Waals surface area contributed by atoms with E-state index >= 15 is 0 Å². The van der Waals surface area contributed by atoms with Crippen molar-refractivity contribution in [3.05, 3.63) is 33.3 Å². The van der Waals surface area contributed by atoms with Crippen LogP contribution in [0.2, 0.25) is 5.02 Å². The number of halogens is 1. The van der Waals surface area contributed by atoms with Crippen LogP contribution in [-0.2, 0) is 4.79 Å². The molecule has 124 valence electrons. The Morgan fingerprint density at radius 1 is 1.39 bits per heavy atom. The molecule has 0 aliphatic carbocycles. The molecule has 0 spiro atoms. The van der Waals surface area contributed by atoms with Gasteiger partial charge >= 0.3 is 5.69 Å². The minimum Gasteiger partial charge on any atom is -0.486 e. The van der Waals surface area contributed by atoms with Crippen LogP contribution in [-0.4, -0.2) is 48.5 Å². The lowest BCUT2D eigenvalue weighted by Crippen LogP contribution is -2.32. The van der Waals surface area contributed by atoms with Gasteiger partial charge in [0.1, 0.15) is 0 Å². The summed E-state index contributed by atoms with van der Waals surface area (Å²) >= 11 is 5.75. The number of nitrogens with one attached hydrogen (secondary N) is 1. The minimum atomic E-state index is -0.544. The Morgan fingerprint density at radius 3 is 2.74 bits per heavy atom. The molecule has 1 aromatic rings. The van der Waals surface area contributed by atoms with Crippen LogP contribution in [0.5, 0.6) is 5.75 Å². The van der Waals surface area contributed by atoms with E-state index in [2.05, 4.69) is 5.32 Å². The maximum absolute atomic E-state index is 12.2. The van der Waals surface area contributed by atoms with E-state index in [1.54, 1.807) is 0 Å². The molecule has 0 saturated carbocycles. The summed E-state index contributed by atoms with van der Waals surface area (Å²) in [6.45, 7) is 3.64. The first-order valence-electron chi connectivity index (χ1n) is 7.60. The van der Waals surface area contributed by atoms with Crippen molar-refractivity contribution in [2.24, 2.45) is 11.8 Å². The summed E-state index contributed by atoms with van der Waals surface area (Å²) in [5, 5.41) is 14.6. The van der Waals surface area contributed by atoms with Gasteiger partial charge < -0.3 is 15.0 Å². The van der Waals surface area contributed by atoms with Gasteiger partial charge in [0.05, 0.1) is 18.0 Å². The van der Waals surface area contributed by atoms with Gasteiger partial charge in [0.2, 0.25) is 5.91 Å².